The van der Waals surface area contributed by atoms with Crippen molar-refractivity contribution in [3.8, 4) is 0 Å². The van der Waals surface area contributed by atoms with Gasteiger partial charge in [0.05, 0.1) is 17.7 Å². The average molecular weight is 261 g/mol. The van der Waals surface area contributed by atoms with Crippen LogP contribution < -0.4 is 0 Å². The van der Waals surface area contributed by atoms with E-state index in [-0.39, 0.29) is 12.3 Å². The van der Waals surface area contributed by atoms with Crippen molar-refractivity contribution in [3.63, 3.8) is 0 Å². The van der Waals surface area contributed by atoms with Crippen molar-refractivity contribution in [3.05, 3.63) is 36.1 Å². The molecule has 2 rings (SSSR count). The molecule has 1 aromatic carbocycles. The molecule has 2 aromatic rings. The summed E-state index contributed by atoms with van der Waals surface area (Å²) in [6, 6.07) is 7.48. The number of benzene rings is 1. The lowest BCUT2D eigenvalue weighted by molar-refractivity contribution is 0.0439. The second kappa shape index (κ2) is 5.15. The van der Waals surface area contributed by atoms with Crippen LogP contribution in [-0.2, 0) is 0 Å². The van der Waals surface area contributed by atoms with Gasteiger partial charge in [0.15, 0.2) is 5.78 Å². The highest BCUT2D eigenvalue weighted by atomic mass is 16.3. The number of ketones is 1. The van der Waals surface area contributed by atoms with Gasteiger partial charge in [0.2, 0.25) is 0 Å². The van der Waals surface area contributed by atoms with Gasteiger partial charge in [0.1, 0.15) is 11.8 Å². The number of aliphatic hydroxyl groups is 1. The molecule has 0 amide bonds. The van der Waals surface area contributed by atoms with Gasteiger partial charge in [0, 0.05) is 11.9 Å². The third kappa shape index (κ3) is 3.43. The number of furan rings is 1. The van der Waals surface area contributed by atoms with Crippen LogP contribution in [0.5, 0.6) is 0 Å². The molecule has 0 bridgehead atoms. The monoisotopic (exact) mass is 261 g/mol. The maximum Gasteiger partial charge on any atom is 0.180 e. The molecule has 0 radical (unpaired) electrons. The van der Waals surface area contributed by atoms with Crippen molar-refractivity contribution in [2.45, 2.75) is 19.4 Å². The van der Waals surface area contributed by atoms with Gasteiger partial charge in [-0.2, -0.15) is 0 Å². The molecule has 0 saturated heterocycles. The summed E-state index contributed by atoms with van der Waals surface area (Å²) in [4.78, 5) is 14.0. The van der Waals surface area contributed by atoms with E-state index in [9.17, 15) is 9.90 Å². The van der Waals surface area contributed by atoms with Crippen LogP contribution in [0, 0.1) is 0 Å². The summed E-state index contributed by atoms with van der Waals surface area (Å²) in [6.07, 6.45) is 1.50. The van der Waals surface area contributed by atoms with Crippen LogP contribution in [0.3, 0.4) is 0 Å². The summed E-state index contributed by atoms with van der Waals surface area (Å²) >= 11 is 0. The van der Waals surface area contributed by atoms with E-state index in [0.29, 0.717) is 12.1 Å². The van der Waals surface area contributed by atoms with E-state index in [1.54, 1.807) is 13.8 Å². The number of hydrogen-bond donors (Lipinski definition) is 1. The van der Waals surface area contributed by atoms with Gasteiger partial charge in [-0.3, -0.25) is 9.69 Å². The summed E-state index contributed by atoms with van der Waals surface area (Å²) < 4.78 is 5.36. The molecule has 1 N–H and O–H groups in total. The summed E-state index contributed by atoms with van der Waals surface area (Å²) in [5.74, 6) is -0.00306. The molecule has 0 aliphatic rings. The summed E-state index contributed by atoms with van der Waals surface area (Å²) in [7, 11) is 1.82. The van der Waals surface area contributed by atoms with E-state index in [0.717, 1.165) is 11.0 Å². The molecule has 1 aromatic heterocycles. The maximum atomic E-state index is 12.2. The Bertz CT molecular complexity index is 580. The molecule has 0 aliphatic carbocycles. The van der Waals surface area contributed by atoms with Crippen LogP contribution in [0.1, 0.15) is 24.2 Å². The maximum absolute atomic E-state index is 12.2. The van der Waals surface area contributed by atoms with Crippen molar-refractivity contribution < 1.29 is 14.3 Å². The van der Waals surface area contributed by atoms with E-state index in [1.165, 1.54) is 6.26 Å². The zero-order valence-electron chi connectivity index (χ0n) is 11.5. The first kappa shape index (κ1) is 13.8. The molecule has 4 nitrogen and oxygen atoms in total. The van der Waals surface area contributed by atoms with Gasteiger partial charge in [-0.25, -0.2) is 0 Å². The Labute approximate surface area is 112 Å². The van der Waals surface area contributed by atoms with E-state index >= 15 is 0 Å². The van der Waals surface area contributed by atoms with Crippen LogP contribution in [0.4, 0.5) is 0 Å². The van der Waals surface area contributed by atoms with Crippen molar-refractivity contribution in [1.29, 1.82) is 0 Å². The lowest BCUT2D eigenvalue weighted by Crippen LogP contribution is -2.38. The lowest BCUT2D eigenvalue weighted by atomic mass is 10.1. The van der Waals surface area contributed by atoms with Gasteiger partial charge >= 0.3 is 0 Å². The van der Waals surface area contributed by atoms with Crippen LogP contribution in [0.25, 0.3) is 11.0 Å². The topological polar surface area (TPSA) is 53.7 Å². The normalized spacial score (nSPS) is 12.3. The second-order valence-corrected chi connectivity index (χ2v) is 5.55. The Morgan fingerprint density at radius 3 is 2.74 bits per heavy atom. The lowest BCUT2D eigenvalue weighted by Gasteiger charge is -2.24. The number of hydrogen-bond acceptors (Lipinski definition) is 4. The number of carbonyl (C=O) groups excluding carboxylic acids is 1. The Hall–Kier alpha value is -1.65. The highest BCUT2D eigenvalue weighted by Crippen LogP contribution is 2.21. The number of Topliss-reactive ketones (excluding diaryl/α,β-unsaturated/α-hetero) is 1. The predicted molar refractivity (Wildman–Crippen MR) is 74.3 cm³/mol. The predicted octanol–water partition coefficient (Wildman–Crippen LogP) is 2.32. The Balaban J connectivity index is 2.12. The van der Waals surface area contributed by atoms with Gasteiger partial charge in [-0.05, 0) is 27.0 Å². The Kier molecular flexibility index (Phi) is 3.73. The highest BCUT2D eigenvalue weighted by molar-refractivity contribution is 6.08. The number of rotatable bonds is 5. The van der Waals surface area contributed by atoms with Gasteiger partial charge in [0.25, 0.3) is 0 Å². The largest absolute Gasteiger partial charge is 0.464 e. The quantitative estimate of drug-likeness (QED) is 0.839. The van der Waals surface area contributed by atoms with Crippen LogP contribution >= 0.6 is 0 Å². The van der Waals surface area contributed by atoms with E-state index in [1.807, 2.05) is 36.2 Å². The first-order chi connectivity index (χ1) is 8.87. The first-order valence-electron chi connectivity index (χ1n) is 6.27. The van der Waals surface area contributed by atoms with Crippen LogP contribution in [0.2, 0.25) is 0 Å². The first-order valence-corrected chi connectivity index (χ1v) is 6.27. The standard InChI is InChI=1S/C15H19NO3/c1-15(2,18)10-16(3)8-13(17)12-9-19-14-7-5-4-6-11(12)14/h4-7,9,18H,8,10H2,1-3H3. The van der Waals surface area contributed by atoms with Crippen molar-refractivity contribution in [1.82, 2.24) is 4.90 Å². The minimum atomic E-state index is -0.812. The number of para-hydroxylation sites is 1. The van der Waals surface area contributed by atoms with E-state index in [4.69, 9.17) is 4.42 Å². The fourth-order valence-electron chi connectivity index (χ4n) is 2.24. The van der Waals surface area contributed by atoms with Crippen LogP contribution in [-0.4, -0.2) is 41.5 Å². The van der Waals surface area contributed by atoms with Gasteiger partial charge < -0.3 is 9.52 Å². The number of likely N-dealkylation sites (N-methyl/N-ethyl adjacent to an activating group) is 1. The smallest absolute Gasteiger partial charge is 0.180 e. The third-order valence-electron chi connectivity index (χ3n) is 2.85. The van der Waals surface area contributed by atoms with Gasteiger partial charge in [-0.1, -0.05) is 18.2 Å². The molecule has 102 valence electrons. The molecule has 0 spiro atoms. The van der Waals surface area contributed by atoms with Crippen molar-refractivity contribution in [2.75, 3.05) is 20.1 Å². The summed E-state index contributed by atoms with van der Waals surface area (Å²) in [5.41, 5.74) is 0.502. The van der Waals surface area contributed by atoms with Crippen molar-refractivity contribution in [2.24, 2.45) is 0 Å². The Morgan fingerprint density at radius 1 is 1.37 bits per heavy atom. The molecule has 0 unspecified atom stereocenters. The molecule has 0 atom stereocenters. The average Bonchev–Trinajstić information content (AvgIpc) is 2.69. The fourth-order valence-corrected chi connectivity index (χ4v) is 2.24. The van der Waals surface area contributed by atoms with Gasteiger partial charge in [-0.15, -0.1) is 0 Å². The highest BCUT2D eigenvalue weighted by Gasteiger charge is 2.19. The molecule has 0 fully saturated rings. The fraction of sp³-hybridized carbons (Fsp3) is 0.400. The number of fused-ring (bicyclic) bond motifs is 1. The molecule has 1 heterocycles. The zero-order chi connectivity index (χ0) is 14.0. The van der Waals surface area contributed by atoms with E-state index in [2.05, 4.69) is 0 Å². The SMILES string of the molecule is CN(CC(=O)c1coc2ccccc12)CC(C)(C)O. The summed E-state index contributed by atoms with van der Waals surface area (Å²) in [5, 5.41) is 10.6. The minimum Gasteiger partial charge on any atom is -0.464 e. The van der Waals surface area contributed by atoms with E-state index < -0.39 is 5.60 Å². The molecule has 4 heteroatoms. The zero-order valence-corrected chi connectivity index (χ0v) is 11.5. The number of nitrogens with zero attached hydrogens (tertiary/aromatic N) is 1. The molecular weight excluding hydrogens is 242 g/mol. The third-order valence-corrected chi connectivity index (χ3v) is 2.85. The molecule has 19 heavy (non-hydrogen) atoms. The molecule has 0 saturated carbocycles. The number of carbonyl (C=O) groups is 1. The van der Waals surface area contributed by atoms with Crippen molar-refractivity contribution >= 4 is 16.8 Å². The van der Waals surface area contributed by atoms with Crippen LogP contribution in [0.15, 0.2) is 34.9 Å². The minimum absolute atomic E-state index is 0.00306. The second-order valence-electron chi connectivity index (χ2n) is 5.55. The Morgan fingerprint density at radius 2 is 2.05 bits per heavy atom. The molecular formula is C15H19NO3. The molecule has 0 aliphatic heterocycles. The summed E-state index contributed by atoms with van der Waals surface area (Å²) in [6.45, 7) is 4.14.